The Bertz CT molecular complexity index is 1250. The van der Waals surface area contributed by atoms with E-state index in [1.54, 1.807) is 30.3 Å². The predicted octanol–water partition coefficient (Wildman–Crippen LogP) is 6.39. The van der Waals surface area contributed by atoms with E-state index in [1.807, 2.05) is 42.5 Å². The average Bonchev–Trinajstić information content (AvgIpc) is 3.21. The van der Waals surface area contributed by atoms with Crippen molar-refractivity contribution >= 4 is 21.2 Å². The molecule has 5 nitrogen and oxygen atoms in total. The van der Waals surface area contributed by atoms with Gasteiger partial charge in [-0.05, 0) is 54.8 Å². The largest absolute Gasteiger partial charge is 0.436 e. The van der Waals surface area contributed by atoms with Crippen molar-refractivity contribution < 1.29 is 17.0 Å². The first kappa shape index (κ1) is 21.1. The number of aryl methyl sites for hydroxylation is 1. The molecule has 0 saturated carbocycles. The van der Waals surface area contributed by atoms with Gasteiger partial charge in [-0.25, -0.2) is 4.98 Å². The second-order valence-corrected chi connectivity index (χ2v) is 9.05. The van der Waals surface area contributed by atoms with Crippen LogP contribution >= 0.6 is 0 Å². The minimum absolute atomic E-state index is 0.132. The molecule has 4 aromatic rings. The lowest BCUT2D eigenvalue weighted by Crippen LogP contribution is -2.09. The lowest BCUT2D eigenvalue weighted by molar-refractivity contribution is 0.486. The van der Waals surface area contributed by atoms with E-state index in [1.165, 1.54) is 19.3 Å². The summed E-state index contributed by atoms with van der Waals surface area (Å²) in [7, 11) is -3.94. The Morgan fingerprint density at radius 3 is 2.42 bits per heavy atom. The number of nitrogens with zero attached hydrogens (tertiary/aromatic N) is 1. The highest BCUT2D eigenvalue weighted by Gasteiger charge is 2.18. The lowest BCUT2D eigenvalue weighted by Gasteiger charge is -2.08. The van der Waals surface area contributed by atoms with Crippen LogP contribution in [0.3, 0.4) is 0 Å². The molecule has 31 heavy (non-hydrogen) atoms. The molecule has 0 amide bonds. The van der Waals surface area contributed by atoms with Gasteiger partial charge in [-0.3, -0.25) is 0 Å². The zero-order valence-corrected chi connectivity index (χ0v) is 18.3. The highest BCUT2D eigenvalue weighted by atomic mass is 32.2. The molecule has 0 aliphatic heterocycles. The van der Waals surface area contributed by atoms with Crippen molar-refractivity contribution in [2.24, 2.45) is 0 Å². The highest BCUT2D eigenvalue weighted by Crippen LogP contribution is 2.28. The maximum atomic E-state index is 12.7. The van der Waals surface area contributed by atoms with Crippen LogP contribution in [0, 0.1) is 0 Å². The minimum atomic E-state index is -3.94. The average molecular weight is 436 g/mol. The van der Waals surface area contributed by atoms with E-state index in [9.17, 15) is 8.42 Å². The number of fused-ring (bicyclic) bond motifs is 1. The SMILES string of the molecule is CCCCCCc1ccc(S(=O)(=O)Oc2ccc3nc(-c4ccccc4)oc3c2)cc1. The summed E-state index contributed by atoms with van der Waals surface area (Å²) in [6.07, 6.45) is 5.67. The Labute approximate surface area is 182 Å². The molecular formula is C25H25NO4S. The molecule has 0 unspecified atom stereocenters. The van der Waals surface area contributed by atoms with Gasteiger partial charge in [0.1, 0.15) is 16.2 Å². The molecule has 3 aromatic carbocycles. The quantitative estimate of drug-likeness (QED) is 0.225. The second-order valence-electron chi connectivity index (χ2n) is 7.51. The first-order valence-electron chi connectivity index (χ1n) is 10.5. The zero-order chi connectivity index (χ0) is 21.7. The van der Waals surface area contributed by atoms with Gasteiger partial charge in [-0.1, -0.05) is 56.5 Å². The predicted molar refractivity (Wildman–Crippen MR) is 122 cm³/mol. The van der Waals surface area contributed by atoms with Crippen molar-refractivity contribution in [1.82, 2.24) is 4.98 Å². The molecule has 160 valence electrons. The van der Waals surface area contributed by atoms with Crippen LogP contribution in [0.25, 0.3) is 22.6 Å². The maximum absolute atomic E-state index is 12.7. The summed E-state index contributed by atoms with van der Waals surface area (Å²) in [5.74, 6) is 0.664. The molecule has 6 heteroatoms. The number of aromatic nitrogens is 1. The van der Waals surface area contributed by atoms with Gasteiger partial charge in [0.05, 0.1) is 0 Å². The van der Waals surface area contributed by atoms with Gasteiger partial charge >= 0.3 is 10.1 Å². The smallest absolute Gasteiger partial charge is 0.339 e. The van der Waals surface area contributed by atoms with E-state index in [0.717, 1.165) is 24.0 Å². The summed E-state index contributed by atoms with van der Waals surface area (Å²) in [5.41, 5.74) is 3.08. The summed E-state index contributed by atoms with van der Waals surface area (Å²) in [5, 5.41) is 0. The highest BCUT2D eigenvalue weighted by molar-refractivity contribution is 7.87. The summed E-state index contributed by atoms with van der Waals surface area (Å²) in [6.45, 7) is 2.18. The first-order chi connectivity index (χ1) is 15.0. The fraction of sp³-hybridized carbons (Fsp3) is 0.240. The van der Waals surface area contributed by atoms with Crippen LogP contribution in [0.1, 0.15) is 38.2 Å². The van der Waals surface area contributed by atoms with Gasteiger partial charge in [0, 0.05) is 11.6 Å². The maximum Gasteiger partial charge on any atom is 0.339 e. The van der Waals surface area contributed by atoms with Crippen LogP contribution < -0.4 is 4.18 Å². The van der Waals surface area contributed by atoms with Gasteiger partial charge in [0.15, 0.2) is 5.58 Å². The molecule has 0 atom stereocenters. The Morgan fingerprint density at radius 2 is 1.68 bits per heavy atom. The summed E-state index contributed by atoms with van der Waals surface area (Å²) < 4.78 is 36.6. The Balaban J connectivity index is 1.48. The summed E-state index contributed by atoms with van der Waals surface area (Å²) in [6, 6.07) is 21.3. The number of hydrogen-bond acceptors (Lipinski definition) is 5. The van der Waals surface area contributed by atoms with Crippen LogP contribution in [0.15, 0.2) is 82.1 Å². The third kappa shape index (κ3) is 5.14. The Hall–Kier alpha value is -3.12. The second kappa shape index (κ2) is 9.35. The molecule has 1 heterocycles. The molecule has 1 aromatic heterocycles. The Kier molecular flexibility index (Phi) is 6.37. The third-order valence-electron chi connectivity index (χ3n) is 5.12. The van der Waals surface area contributed by atoms with Gasteiger partial charge in [0.25, 0.3) is 0 Å². The molecule has 0 radical (unpaired) electrons. The molecule has 4 rings (SSSR count). The van der Waals surface area contributed by atoms with Crippen molar-refractivity contribution in [3.8, 4) is 17.2 Å². The van der Waals surface area contributed by atoms with Crippen LogP contribution in [-0.4, -0.2) is 13.4 Å². The van der Waals surface area contributed by atoms with Crippen molar-refractivity contribution in [3.63, 3.8) is 0 Å². The molecule has 0 aliphatic carbocycles. The number of benzene rings is 3. The normalized spacial score (nSPS) is 11.6. The van der Waals surface area contributed by atoms with Crippen molar-refractivity contribution in [3.05, 3.63) is 78.4 Å². The molecule has 0 aliphatic rings. The molecular weight excluding hydrogens is 410 g/mol. The number of oxazole rings is 1. The first-order valence-corrected chi connectivity index (χ1v) is 12.0. The summed E-state index contributed by atoms with van der Waals surface area (Å²) >= 11 is 0. The van der Waals surface area contributed by atoms with Crippen LogP contribution in [0.5, 0.6) is 5.75 Å². The van der Waals surface area contributed by atoms with E-state index in [-0.39, 0.29) is 10.6 Å². The number of rotatable bonds is 9. The van der Waals surface area contributed by atoms with E-state index < -0.39 is 10.1 Å². The van der Waals surface area contributed by atoms with Gasteiger partial charge < -0.3 is 8.60 Å². The molecule has 0 spiro atoms. The van der Waals surface area contributed by atoms with E-state index in [0.29, 0.717) is 17.0 Å². The van der Waals surface area contributed by atoms with Crippen molar-refractivity contribution in [1.29, 1.82) is 0 Å². The topological polar surface area (TPSA) is 69.4 Å². The minimum Gasteiger partial charge on any atom is -0.436 e. The fourth-order valence-electron chi connectivity index (χ4n) is 3.41. The Morgan fingerprint density at radius 1 is 0.903 bits per heavy atom. The molecule has 0 bridgehead atoms. The van der Waals surface area contributed by atoms with Gasteiger partial charge in [-0.2, -0.15) is 8.42 Å². The summed E-state index contributed by atoms with van der Waals surface area (Å²) in [4.78, 5) is 4.58. The van der Waals surface area contributed by atoms with Crippen LogP contribution in [0.4, 0.5) is 0 Å². The fourth-order valence-corrected chi connectivity index (χ4v) is 4.34. The van der Waals surface area contributed by atoms with Gasteiger partial charge in [-0.15, -0.1) is 0 Å². The number of hydrogen-bond donors (Lipinski definition) is 0. The zero-order valence-electron chi connectivity index (χ0n) is 17.5. The number of unbranched alkanes of at least 4 members (excludes halogenated alkanes) is 3. The van der Waals surface area contributed by atoms with Crippen LogP contribution in [0.2, 0.25) is 0 Å². The monoisotopic (exact) mass is 435 g/mol. The standard InChI is InChI=1S/C25H25NO4S/c1-2-3-4-6-9-19-12-15-22(16-13-19)31(27,28)30-21-14-17-23-24(18-21)29-25(26-23)20-10-7-5-8-11-20/h5,7-8,10-18H,2-4,6,9H2,1H3. The van der Waals surface area contributed by atoms with Crippen molar-refractivity contribution in [2.75, 3.05) is 0 Å². The van der Waals surface area contributed by atoms with Crippen molar-refractivity contribution in [2.45, 2.75) is 43.9 Å². The van der Waals surface area contributed by atoms with Gasteiger partial charge in [0.2, 0.25) is 5.89 Å². The molecule has 0 fully saturated rings. The molecule has 0 saturated heterocycles. The van der Waals surface area contributed by atoms with E-state index in [2.05, 4.69) is 11.9 Å². The van der Waals surface area contributed by atoms with E-state index >= 15 is 0 Å². The third-order valence-corrected chi connectivity index (χ3v) is 6.38. The van der Waals surface area contributed by atoms with E-state index in [4.69, 9.17) is 8.60 Å². The van der Waals surface area contributed by atoms with Crippen LogP contribution in [-0.2, 0) is 16.5 Å². The molecule has 0 N–H and O–H groups in total. The lowest BCUT2D eigenvalue weighted by atomic mass is 10.1.